The van der Waals surface area contributed by atoms with E-state index in [4.69, 9.17) is 0 Å². The van der Waals surface area contributed by atoms with E-state index in [1.807, 2.05) is 36.4 Å². The zero-order valence-electron chi connectivity index (χ0n) is 21.5. The van der Waals surface area contributed by atoms with Gasteiger partial charge >= 0.3 is 12.1 Å². The van der Waals surface area contributed by atoms with Gasteiger partial charge < -0.3 is 25.3 Å². The molecule has 0 spiro atoms. The Morgan fingerprint density at radius 3 is 2.31 bits per heavy atom. The van der Waals surface area contributed by atoms with Gasteiger partial charge in [0.25, 0.3) is 5.91 Å². The van der Waals surface area contributed by atoms with Crippen LogP contribution in [0.2, 0.25) is 0 Å². The van der Waals surface area contributed by atoms with Crippen LogP contribution in [-0.2, 0) is 14.4 Å². The van der Waals surface area contributed by atoms with Gasteiger partial charge in [0, 0.05) is 50.5 Å². The van der Waals surface area contributed by atoms with Gasteiger partial charge in [-0.05, 0) is 37.0 Å². The van der Waals surface area contributed by atoms with Gasteiger partial charge in [-0.3, -0.25) is 19.2 Å². The normalized spacial score (nSPS) is 18.4. The number of aromatic nitrogens is 1. The van der Waals surface area contributed by atoms with Crippen LogP contribution in [0.25, 0.3) is 11.3 Å². The lowest BCUT2D eigenvalue weighted by Gasteiger charge is -2.35. The monoisotopic (exact) mass is 536 g/mol. The fourth-order valence-corrected chi connectivity index (χ4v) is 5.06. The first kappa shape index (κ1) is 27.7. The molecule has 3 amide bonds. The number of hydrogen-bond acceptors (Lipinski definition) is 6. The summed E-state index contributed by atoms with van der Waals surface area (Å²) in [6, 6.07) is 11.5. The number of rotatable bonds is 8. The summed E-state index contributed by atoms with van der Waals surface area (Å²) in [5, 5.41) is 21.1. The summed E-state index contributed by atoms with van der Waals surface area (Å²) in [5.74, 6) is -2.46. The number of aliphatic carboxylic acids is 1. The van der Waals surface area contributed by atoms with E-state index in [1.54, 1.807) is 6.07 Å². The summed E-state index contributed by atoms with van der Waals surface area (Å²) in [7, 11) is 0. The van der Waals surface area contributed by atoms with Crippen molar-refractivity contribution in [3.8, 4) is 11.3 Å². The smallest absolute Gasteiger partial charge is 0.407 e. The highest BCUT2D eigenvalue weighted by molar-refractivity contribution is 5.97. The Morgan fingerprint density at radius 2 is 1.67 bits per heavy atom. The van der Waals surface area contributed by atoms with Gasteiger partial charge in [0.05, 0.1) is 5.69 Å². The Hall–Kier alpha value is -4.28. The third-order valence-electron chi connectivity index (χ3n) is 7.22. The predicted octanol–water partition coefficient (Wildman–Crippen LogP) is 2.76. The molecule has 2 heterocycles. The van der Waals surface area contributed by atoms with Crippen LogP contribution in [0.15, 0.2) is 42.5 Å². The average molecular weight is 537 g/mol. The maximum Gasteiger partial charge on any atom is 0.407 e. The third-order valence-corrected chi connectivity index (χ3v) is 7.22. The van der Waals surface area contributed by atoms with Crippen molar-refractivity contribution in [1.29, 1.82) is 0 Å². The quantitative estimate of drug-likeness (QED) is 0.465. The Kier molecular flexibility index (Phi) is 8.90. The van der Waals surface area contributed by atoms with Crippen LogP contribution < -0.4 is 5.32 Å². The molecule has 1 saturated carbocycles. The molecule has 1 aliphatic heterocycles. The highest BCUT2D eigenvalue weighted by Crippen LogP contribution is 2.32. The van der Waals surface area contributed by atoms with Gasteiger partial charge in [-0.25, -0.2) is 9.78 Å². The zero-order chi connectivity index (χ0) is 27.9. The van der Waals surface area contributed by atoms with Gasteiger partial charge in [-0.2, -0.15) is 0 Å². The van der Waals surface area contributed by atoms with Gasteiger partial charge in [0.2, 0.25) is 5.91 Å². The molecule has 11 nitrogen and oxygen atoms in total. The predicted molar refractivity (Wildman–Crippen MR) is 140 cm³/mol. The van der Waals surface area contributed by atoms with Crippen molar-refractivity contribution in [2.45, 2.75) is 50.5 Å². The number of nitrogens with zero attached hydrogens (tertiary/aromatic N) is 3. The number of piperazine rings is 1. The minimum atomic E-state index is -1.13. The fraction of sp³-hybridized carbons (Fsp3) is 0.429. The van der Waals surface area contributed by atoms with Crippen molar-refractivity contribution in [2.75, 3.05) is 26.2 Å². The van der Waals surface area contributed by atoms with Crippen LogP contribution in [0.3, 0.4) is 0 Å². The van der Waals surface area contributed by atoms with E-state index in [0.29, 0.717) is 24.1 Å². The number of amides is 3. The lowest BCUT2D eigenvalue weighted by Crippen LogP contribution is -2.55. The van der Waals surface area contributed by atoms with Gasteiger partial charge in [0.1, 0.15) is 17.5 Å². The summed E-state index contributed by atoms with van der Waals surface area (Å²) in [5.41, 5.74) is 2.02. The Bertz CT molecular complexity index is 1240. The molecule has 0 radical (unpaired) electrons. The van der Waals surface area contributed by atoms with E-state index in [2.05, 4.69) is 10.3 Å². The van der Waals surface area contributed by atoms with Gasteiger partial charge in [-0.15, -0.1) is 0 Å². The second-order valence-corrected chi connectivity index (χ2v) is 9.86. The molecule has 1 aliphatic carbocycles. The largest absolute Gasteiger partial charge is 0.481 e. The zero-order valence-corrected chi connectivity index (χ0v) is 21.5. The SMILES string of the molecule is O=C(O)CC[C@H](NC(=O)c1cc(C2CCCCC2=O)cc(-c2ccccc2)n1)C(=O)N1CCN(C(=O)O)CC1. The van der Waals surface area contributed by atoms with Crippen molar-refractivity contribution in [1.82, 2.24) is 20.1 Å². The molecule has 0 bridgehead atoms. The number of pyridine rings is 1. The van der Waals surface area contributed by atoms with Crippen molar-refractivity contribution >= 4 is 29.7 Å². The van der Waals surface area contributed by atoms with E-state index in [-0.39, 0.29) is 56.4 Å². The third kappa shape index (κ3) is 6.98. The number of ketones is 1. The van der Waals surface area contributed by atoms with E-state index >= 15 is 0 Å². The summed E-state index contributed by atoms with van der Waals surface area (Å²) in [6.07, 6.45) is 1.36. The number of hydrogen-bond donors (Lipinski definition) is 3. The number of carboxylic acids is 1. The van der Waals surface area contributed by atoms with Crippen LogP contribution in [0.5, 0.6) is 0 Å². The summed E-state index contributed by atoms with van der Waals surface area (Å²) in [6.45, 7) is 0.529. The minimum absolute atomic E-state index is 0.0357. The second kappa shape index (κ2) is 12.5. The second-order valence-electron chi connectivity index (χ2n) is 9.86. The topological polar surface area (TPSA) is 157 Å². The molecule has 1 aromatic heterocycles. The van der Waals surface area contributed by atoms with Crippen molar-refractivity contribution in [3.05, 3.63) is 53.7 Å². The van der Waals surface area contributed by atoms with E-state index in [9.17, 15) is 34.2 Å². The van der Waals surface area contributed by atoms with Crippen LogP contribution in [0, 0.1) is 0 Å². The highest BCUT2D eigenvalue weighted by atomic mass is 16.4. The van der Waals surface area contributed by atoms with Crippen molar-refractivity contribution in [3.63, 3.8) is 0 Å². The van der Waals surface area contributed by atoms with Crippen LogP contribution in [-0.4, -0.2) is 86.9 Å². The standard InChI is InChI=1S/C28H32N4O7/c33-24-9-5-4-8-20(24)19-16-22(18-6-2-1-3-7-18)29-23(17-19)26(36)30-21(10-11-25(34)35)27(37)31-12-14-32(15-13-31)28(38)39/h1-3,6-7,16-17,20-21H,4-5,8-15H2,(H,30,36)(H,34,35)(H,38,39)/t20?,21-/m0/s1. The number of carboxylic acid groups (broad SMARTS) is 2. The molecule has 4 rings (SSSR count). The lowest BCUT2D eigenvalue weighted by molar-refractivity contribution is -0.138. The van der Waals surface area contributed by atoms with E-state index in [1.165, 1.54) is 9.80 Å². The first-order chi connectivity index (χ1) is 18.7. The molecule has 1 unspecified atom stereocenters. The molecule has 206 valence electrons. The van der Waals surface area contributed by atoms with Crippen molar-refractivity contribution in [2.24, 2.45) is 0 Å². The molecule has 2 fully saturated rings. The molecular weight excluding hydrogens is 504 g/mol. The van der Waals surface area contributed by atoms with E-state index < -0.39 is 29.9 Å². The van der Waals surface area contributed by atoms with Crippen LogP contribution in [0.1, 0.15) is 60.5 Å². The average Bonchev–Trinajstić information content (AvgIpc) is 2.95. The van der Waals surface area contributed by atoms with Crippen LogP contribution >= 0.6 is 0 Å². The number of carbonyl (C=O) groups excluding carboxylic acids is 3. The Balaban J connectivity index is 1.60. The fourth-order valence-electron chi connectivity index (χ4n) is 5.06. The lowest BCUT2D eigenvalue weighted by atomic mass is 9.82. The number of benzene rings is 1. The van der Waals surface area contributed by atoms with Gasteiger partial charge in [-0.1, -0.05) is 36.8 Å². The van der Waals surface area contributed by atoms with Crippen LogP contribution in [0.4, 0.5) is 4.79 Å². The maximum absolute atomic E-state index is 13.5. The van der Waals surface area contributed by atoms with Crippen molar-refractivity contribution < 1.29 is 34.2 Å². The molecule has 2 aliphatic rings. The molecule has 11 heteroatoms. The molecule has 1 aromatic carbocycles. The number of carbonyl (C=O) groups is 5. The highest BCUT2D eigenvalue weighted by Gasteiger charge is 2.31. The number of nitrogens with one attached hydrogen (secondary N) is 1. The van der Waals surface area contributed by atoms with E-state index in [0.717, 1.165) is 18.4 Å². The Morgan fingerprint density at radius 1 is 0.974 bits per heavy atom. The molecular formula is C28H32N4O7. The summed E-state index contributed by atoms with van der Waals surface area (Å²) in [4.78, 5) is 69.1. The Labute approximate surface area is 225 Å². The number of Topliss-reactive ketones (excluding diaryl/α,β-unsaturated/α-hetero) is 1. The maximum atomic E-state index is 13.5. The molecule has 2 atom stereocenters. The minimum Gasteiger partial charge on any atom is -0.481 e. The molecule has 1 saturated heterocycles. The summed E-state index contributed by atoms with van der Waals surface area (Å²) >= 11 is 0. The summed E-state index contributed by atoms with van der Waals surface area (Å²) < 4.78 is 0. The first-order valence-electron chi connectivity index (χ1n) is 13.1. The molecule has 2 aromatic rings. The van der Waals surface area contributed by atoms with Gasteiger partial charge in [0.15, 0.2) is 0 Å². The molecule has 3 N–H and O–H groups in total. The first-order valence-corrected chi connectivity index (χ1v) is 13.1. The molecule has 39 heavy (non-hydrogen) atoms.